The Morgan fingerprint density at radius 1 is 0.615 bits per heavy atom. The number of rotatable bonds is 23. The van der Waals surface area contributed by atoms with Crippen LogP contribution in [0.15, 0.2) is 60.7 Å². The van der Waals surface area contributed by atoms with E-state index in [1.165, 1.54) is 49.7 Å². The van der Waals surface area contributed by atoms with Crippen molar-refractivity contribution < 1.29 is 0 Å². The fourth-order valence-corrected chi connectivity index (χ4v) is 5.52. The lowest BCUT2D eigenvalue weighted by Gasteiger charge is -2.28. The lowest BCUT2D eigenvalue weighted by Crippen LogP contribution is -2.34. The summed E-state index contributed by atoms with van der Waals surface area (Å²) in [5.41, 5.74) is 2.76. The molecule has 2 aromatic carbocycles. The number of hydrogen-bond acceptors (Lipinski definition) is 6. The highest BCUT2D eigenvalue weighted by Gasteiger charge is 2.12. The summed E-state index contributed by atoms with van der Waals surface area (Å²) in [6.07, 6.45) is 8.85. The number of hydrogen-bond donors (Lipinski definition) is 3. The van der Waals surface area contributed by atoms with Crippen molar-refractivity contribution in [3.63, 3.8) is 0 Å². The van der Waals surface area contributed by atoms with Crippen molar-refractivity contribution in [3.8, 4) is 0 Å². The van der Waals surface area contributed by atoms with Crippen molar-refractivity contribution in [2.24, 2.45) is 0 Å². The Labute approximate surface area is 251 Å². The standard InChI is InChI=1S/C33H56N4S2/c1-4-35(29-33-20-12-9-13-21-33)23-17-27-37(31(3)39)25-15-7-5-6-14-24-36(30(2)38)26-16-22-34-28-32-18-10-8-11-19-32/h8-13,18-21,30-31,34,38-39H,4-7,14-17,22-29H2,1-3H3. The minimum Gasteiger partial charge on any atom is -0.313 e. The molecule has 6 heteroatoms. The average Bonchev–Trinajstić information content (AvgIpc) is 2.94. The van der Waals surface area contributed by atoms with Gasteiger partial charge in [0.2, 0.25) is 0 Å². The predicted molar refractivity (Wildman–Crippen MR) is 178 cm³/mol. The van der Waals surface area contributed by atoms with E-state index in [1.54, 1.807) is 0 Å². The van der Waals surface area contributed by atoms with E-state index in [0.717, 1.165) is 65.3 Å². The Morgan fingerprint density at radius 3 is 1.64 bits per heavy atom. The second kappa shape index (κ2) is 21.7. The molecule has 1 N–H and O–H groups in total. The smallest absolute Gasteiger partial charge is 0.0499 e. The molecule has 39 heavy (non-hydrogen) atoms. The molecule has 0 bridgehead atoms. The van der Waals surface area contributed by atoms with Crippen molar-refractivity contribution in [1.29, 1.82) is 0 Å². The molecule has 2 atom stereocenters. The van der Waals surface area contributed by atoms with Gasteiger partial charge in [-0.2, -0.15) is 25.3 Å². The maximum absolute atomic E-state index is 4.78. The molecule has 0 aromatic heterocycles. The fraction of sp³-hybridized carbons (Fsp3) is 0.636. The van der Waals surface area contributed by atoms with Crippen molar-refractivity contribution in [2.75, 3.05) is 45.8 Å². The summed E-state index contributed by atoms with van der Waals surface area (Å²) in [5, 5.41) is 4.21. The molecule has 0 aliphatic carbocycles. The molecule has 0 fully saturated rings. The third-order valence-electron chi connectivity index (χ3n) is 7.53. The Hall–Kier alpha value is -1.02. The number of unbranched alkanes of at least 4 members (excludes halogenated alkanes) is 4. The van der Waals surface area contributed by atoms with Gasteiger partial charge in [-0.25, -0.2) is 0 Å². The summed E-state index contributed by atoms with van der Waals surface area (Å²) in [7, 11) is 0. The molecule has 0 saturated carbocycles. The lowest BCUT2D eigenvalue weighted by molar-refractivity contribution is 0.220. The van der Waals surface area contributed by atoms with Gasteiger partial charge in [0.15, 0.2) is 0 Å². The van der Waals surface area contributed by atoms with Crippen LogP contribution in [0.5, 0.6) is 0 Å². The molecule has 2 rings (SSSR count). The number of thiol groups is 2. The molecular weight excluding hydrogens is 517 g/mol. The van der Waals surface area contributed by atoms with E-state index in [4.69, 9.17) is 25.3 Å². The summed E-state index contributed by atoms with van der Waals surface area (Å²) < 4.78 is 0. The predicted octanol–water partition coefficient (Wildman–Crippen LogP) is 7.18. The van der Waals surface area contributed by atoms with Gasteiger partial charge < -0.3 is 5.32 Å². The second-order valence-corrected chi connectivity index (χ2v) is 12.3. The summed E-state index contributed by atoms with van der Waals surface area (Å²) in [5.74, 6) is 0. The zero-order valence-corrected chi connectivity index (χ0v) is 26.8. The van der Waals surface area contributed by atoms with Crippen LogP contribution in [0.1, 0.15) is 76.8 Å². The first kappa shape index (κ1) is 34.2. The first-order valence-electron chi connectivity index (χ1n) is 15.3. The van der Waals surface area contributed by atoms with Gasteiger partial charge in [-0.3, -0.25) is 14.7 Å². The monoisotopic (exact) mass is 572 g/mol. The second-order valence-electron chi connectivity index (χ2n) is 10.8. The molecule has 0 aliphatic rings. The molecular formula is C33H56N4S2. The van der Waals surface area contributed by atoms with Crippen LogP contribution in [0.3, 0.4) is 0 Å². The summed E-state index contributed by atoms with van der Waals surface area (Å²) in [6, 6.07) is 21.5. The van der Waals surface area contributed by atoms with Gasteiger partial charge >= 0.3 is 0 Å². The van der Waals surface area contributed by atoms with E-state index in [2.05, 4.69) is 101 Å². The molecule has 2 unspecified atom stereocenters. The van der Waals surface area contributed by atoms with Crippen LogP contribution in [-0.4, -0.2) is 71.3 Å². The quantitative estimate of drug-likeness (QED) is 0.0745. The Balaban J connectivity index is 1.52. The first-order chi connectivity index (χ1) is 19.0. The number of nitrogens with one attached hydrogen (secondary N) is 1. The molecule has 0 saturated heterocycles. The van der Waals surface area contributed by atoms with Crippen molar-refractivity contribution in [1.82, 2.24) is 20.0 Å². The average molecular weight is 573 g/mol. The van der Waals surface area contributed by atoms with Crippen LogP contribution in [0.25, 0.3) is 0 Å². The van der Waals surface area contributed by atoms with Crippen molar-refractivity contribution in [3.05, 3.63) is 71.8 Å². The fourth-order valence-electron chi connectivity index (χ4n) is 5.05. The third-order valence-corrected chi connectivity index (χ3v) is 8.19. The Morgan fingerprint density at radius 2 is 1.10 bits per heavy atom. The van der Waals surface area contributed by atoms with Crippen molar-refractivity contribution in [2.45, 2.75) is 89.6 Å². The van der Waals surface area contributed by atoms with Gasteiger partial charge in [0.25, 0.3) is 0 Å². The highest BCUT2D eigenvalue weighted by Crippen LogP contribution is 2.12. The first-order valence-corrected chi connectivity index (χ1v) is 16.4. The van der Waals surface area contributed by atoms with Crippen LogP contribution in [0.2, 0.25) is 0 Å². The topological polar surface area (TPSA) is 21.8 Å². The molecule has 0 spiro atoms. The largest absolute Gasteiger partial charge is 0.313 e. The van der Waals surface area contributed by atoms with Crippen molar-refractivity contribution >= 4 is 25.3 Å². The van der Waals surface area contributed by atoms with Crippen LogP contribution in [0, 0.1) is 0 Å². The maximum Gasteiger partial charge on any atom is 0.0499 e. The van der Waals surface area contributed by atoms with Gasteiger partial charge in [-0.1, -0.05) is 86.8 Å². The summed E-state index contributed by atoms with van der Waals surface area (Å²) in [6.45, 7) is 16.5. The zero-order chi connectivity index (χ0) is 28.1. The van der Waals surface area contributed by atoms with Gasteiger partial charge in [0, 0.05) is 36.9 Å². The molecule has 4 nitrogen and oxygen atoms in total. The lowest BCUT2D eigenvalue weighted by atomic mass is 10.1. The highest BCUT2D eigenvalue weighted by molar-refractivity contribution is 7.81. The minimum atomic E-state index is 0.320. The van der Waals surface area contributed by atoms with E-state index < -0.39 is 0 Å². The normalized spacial score (nSPS) is 13.4. The molecule has 220 valence electrons. The van der Waals surface area contributed by atoms with Crippen LogP contribution >= 0.6 is 25.3 Å². The SMILES string of the molecule is CCN(CCCN(CCCCCCCN(CCCNCc1ccccc1)C(C)S)C(C)S)Cc1ccccc1. The van der Waals surface area contributed by atoms with E-state index >= 15 is 0 Å². The van der Waals surface area contributed by atoms with E-state index in [9.17, 15) is 0 Å². The number of nitrogens with zero attached hydrogens (tertiary/aromatic N) is 3. The van der Waals surface area contributed by atoms with E-state index in [1.807, 2.05) is 0 Å². The van der Waals surface area contributed by atoms with Gasteiger partial charge in [-0.05, 0) is 83.4 Å². The Kier molecular flexibility index (Phi) is 19.0. The van der Waals surface area contributed by atoms with Crippen LogP contribution < -0.4 is 5.32 Å². The minimum absolute atomic E-state index is 0.320. The molecule has 0 aliphatic heterocycles. The van der Waals surface area contributed by atoms with E-state index in [-0.39, 0.29) is 0 Å². The summed E-state index contributed by atoms with van der Waals surface area (Å²) in [4.78, 5) is 7.62. The van der Waals surface area contributed by atoms with Gasteiger partial charge in [0.1, 0.15) is 0 Å². The summed E-state index contributed by atoms with van der Waals surface area (Å²) >= 11 is 9.51. The molecule has 2 aromatic rings. The molecule has 0 amide bonds. The number of benzene rings is 2. The van der Waals surface area contributed by atoms with Crippen LogP contribution in [-0.2, 0) is 13.1 Å². The zero-order valence-electron chi connectivity index (χ0n) is 25.0. The third kappa shape index (κ3) is 16.1. The van der Waals surface area contributed by atoms with Gasteiger partial charge in [-0.15, -0.1) is 0 Å². The van der Waals surface area contributed by atoms with Crippen LogP contribution in [0.4, 0.5) is 0 Å². The maximum atomic E-state index is 4.78. The highest BCUT2D eigenvalue weighted by atomic mass is 32.1. The van der Waals surface area contributed by atoms with E-state index in [0.29, 0.717) is 10.7 Å². The molecule has 0 heterocycles. The molecule has 0 radical (unpaired) electrons. The Bertz CT molecular complexity index is 819. The van der Waals surface area contributed by atoms with Gasteiger partial charge in [0.05, 0.1) is 0 Å².